The Morgan fingerprint density at radius 3 is 2.27 bits per heavy atom. The van der Waals surface area contributed by atoms with Gasteiger partial charge in [0.1, 0.15) is 0 Å². The lowest BCUT2D eigenvalue weighted by Crippen LogP contribution is -2.44. The Morgan fingerprint density at radius 1 is 1.07 bits per heavy atom. The summed E-state index contributed by atoms with van der Waals surface area (Å²) < 4.78 is 12.1. The molecule has 0 aromatic carbocycles. The fraction of sp³-hybridized carbons (Fsp3) is 1.00. The lowest BCUT2D eigenvalue weighted by molar-refractivity contribution is -0.300. The van der Waals surface area contributed by atoms with Crippen molar-refractivity contribution in [2.24, 2.45) is 0 Å². The highest BCUT2D eigenvalue weighted by atomic mass is 16.7. The quantitative estimate of drug-likeness (QED) is 0.668. The number of rotatable bonds is 6. The van der Waals surface area contributed by atoms with Crippen LogP contribution < -0.4 is 0 Å². The van der Waals surface area contributed by atoms with Crippen LogP contribution in [0.1, 0.15) is 65.7 Å². The average molecular weight is 214 g/mol. The van der Waals surface area contributed by atoms with Gasteiger partial charge in [-0.1, -0.05) is 40.0 Å². The van der Waals surface area contributed by atoms with Crippen LogP contribution in [0.2, 0.25) is 0 Å². The van der Waals surface area contributed by atoms with E-state index in [1.165, 1.54) is 12.8 Å². The lowest BCUT2D eigenvalue weighted by Gasteiger charge is -2.41. The monoisotopic (exact) mass is 214 g/mol. The molecule has 0 aliphatic carbocycles. The first-order valence-electron chi connectivity index (χ1n) is 6.58. The van der Waals surface area contributed by atoms with Gasteiger partial charge in [0, 0.05) is 12.8 Å². The van der Waals surface area contributed by atoms with Gasteiger partial charge in [0.25, 0.3) is 0 Å². The largest absolute Gasteiger partial charge is 0.350 e. The Kier molecular flexibility index (Phi) is 5.62. The Hall–Kier alpha value is -0.0800. The van der Waals surface area contributed by atoms with Gasteiger partial charge in [-0.15, -0.1) is 0 Å². The summed E-state index contributed by atoms with van der Waals surface area (Å²) in [4.78, 5) is 0. The van der Waals surface area contributed by atoms with Crippen LogP contribution in [0.15, 0.2) is 0 Å². The molecule has 1 fully saturated rings. The minimum atomic E-state index is -0.248. The van der Waals surface area contributed by atoms with Crippen LogP contribution >= 0.6 is 0 Å². The highest BCUT2D eigenvalue weighted by molar-refractivity contribution is 4.76. The molecule has 1 rings (SSSR count). The van der Waals surface area contributed by atoms with E-state index < -0.39 is 0 Å². The molecule has 0 saturated carbocycles. The van der Waals surface area contributed by atoms with Crippen molar-refractivity contribution < 1.29 is 9.47 Å². The minimum absolute atomic E-state index is 0.248. The van der Waals surface area contributed by atoms with Crippen LogP contribution in [-0.4, -0.2) is 18.5 Å². The van der Waals surface area contributed by atoms with Gasteiger partial charge in [-0.2, -0.15) is 0 Å². The number of hydrogen-bond donors (Lipinski definition) is 0. The van der Waals surface area contributed by atoms with Gasteiger partial charge < -0.3 is 9.47 Å². The fourth-order valence-electron chi connectivity index (χ4n) is 2.45. The topological polar surface area (TPSA) is 18.5 Å². The molecule has 1 aliphatic rings. The molecule has 1 heterocycles. The molecule has 0 N–H and O–H groups in total. The van der Waals surface area contributed by atoms with Crippen LogP contribution in [0, 0.1) is 0 Å². The third kappa shape index (κ3) is 3.76. The zero-order valence-electron chi connectivity index (χ0n) is 10.6. The van der Waals surface area contributed by atoms with Gasteiger partial charge in [-0.3, -0.25) is 0 Å². The number of hydrogen-bond acceptors (Lipinski definition) is 2. The summed E-state index contributed by atoms with van der Waals surface area (Å²) in [6.45, 7) is 7.51. The smallest absolute Gasteiger partial charge is 0.168 e. The third-order valence-electron chi connectivity index (χ3n) is 3.06. The SMILES string of the molecule is CCCC1CCOC(CCC)(CCC)O1. The molecular weight excluding hydrogens is 188 g/mol. The summed E-state index contributed by atoms with van der Waals surface area (Å²) in [5.41, 5.74) is 0. The van der Waals surface area contributed by atoms with Crippen LogP contribution in [0.5, 0.6) is 0 Å². The molecule has 90 valence electrons. The van der Waals surface area contributed by atoms with Crippen LogP contribution in [0.25, 0.3) is 0 Å². The van der Waals surface area contributed by atoms with E-state index in [4.69, 9.17) is 9.47 Å². The standard InChI is InChI=1S/C13H26O2/c1-4-7-12-8-11-14-13(15-12,9-5-2)10-6-3/h12H,4-11H2,1-3H3. The molecule has 1 unspecified atom stereocenters. The molecule has 0 aromatic heterocycles. The summed E-state index contributed by atoms with van der Waals surface area (Å²) in [5, 5.41) is 0. The van der Waals surface area contributed by atoms with Crippen molar-refractivity contribution >= 4 is 0 Å². The fourth-order valence-corrected chi connectivity index (χ4v) is 2.45. The maximum atomic E-state index is 6.17. The van der Waals surface area contributed by atoms with Crippen LogP contribution in [0.4, 0.5) is 0 Å². The molecule has 0 amide bonds. The van der Waals surface area contributed by atoms with E-state index in [-0.39, 0.29) is 5.79 Å². The minimum Gasteiger partial charge on any atom is -0.350 e. The maximum Gasteiger partial charge on any atom is 0.168 e. The second kappa shape index (κ2) is 6.49. The van der Waals surface area contributed by atoms with Crippen molar-refractivity contribution in [3.63, 3.8) is 0 Å². The first-order valence-corrected chi connectivity index (χ1v) is 6.58. The summed E-state index contributed by atoms with van der Waals surface area (Å²) in [5.74, 6) is -0.248. The van der Waals surface area contributed by atoms with Gasteiger partial charge in [-0.25, -0.2) is 0 Å². The molecular formula is C13H26O2. The number of ether oxygens (including phenoxy) is 2. The van der Waals surface area contributed by atoms with Crippen molar-refractivity contribution in [3.05, 3.63) is 0 Å². The van der Waals surface area contributed by atoms with Crippen molar-refractivity contribution in [3.8, 4) is 0 Å². The summed E-state index contributed by atoms with van der Waals surface area (Å²) in [6, 6.07) is 0. The highest BCUT2D eigenvalue weighted by Gasteiger charge is 2.36. The third-order valence-corrected chi connectivity index (χ3v) is 3.06. The molecule has 0 radical (unpaired) electrons. The summed E-state index contributed by atoms with van der Waals surface area (Å²) in [6.07, 6.45) is 8.25. The zero-order chi connectivity index (χ0) is 11.1. The van der Waals surface area contributed by atoms with E-state index >= 15 is 0 Å². The second-order valence-electron chi connectivity index (χ2n) is 4.58. The van der Waals surface area contributed by atoms with Crippen molar-refractivity contribution in [2.45, 2.75) is 77.6 Å². The van der Waals surface area contributed by atoms with E-state index in [9.17, 15) is 0 Å². The molecule has 1 atom stereocenters. The molecule has 0 bridgehead atoms. The lowest BCUT2D eigenvalue weighted by atomic mass is 10.0. The summed E-state index contributed by atoms with van der Waals surface area (Å²) >= 11 is 0. The average Bonchev–Trinajstić information content (AvgIpc) is 2.19. The van der Waals surface area contributed by atoms with Gasteiger partial charge in [0.05, 0.1) is 12.7 Å². The van der Waals surface area contributed by atoms with E-state index in [2.05, 4.69) is 20.8 Å². The van der Waals surface area contributed by atoms with E-state index in [0.29, 0.717) is 6.10 Å². The normalized spacial score (nSPS) is 25.4. The van der Waals surface area contributed by atoms with Crippen molar-refractivity contribution in [2.75, 3.05) is 6.61 Å². The highest BCUT2D eigenvalue weighted by Crippen LogP contribution is 2.33. The van der Waals surface area contributed by atoms with E-state index in [0.717, 1.165) is 38.7 Å². The molecule has 1 aliphatic heterocycles. The van der Waals surface area contributed by atoms with Gasteiger partial charge in [0.15, 0.2) is 5.79 Å². The summed E-state index contributed by atoms with van der Waals surface area (Å²) in [7, 11) is 0. The van der Waals surface area contributed by atoms with Crippen molar-refractivity contribution in [1.82, 2.24) is 0 Å². The van der Waals surface area contributed by atoms with Crippen LogP contribution in [-0.2, 0) is 9.47 Å². The first-order chi connectivity index (χ1) is 7.26. The Bertz CT molecular complexity index is 154. The first kappa shape index (κ1) is 13.0. The van der Waals surface area contributed by atoms with Gasteiger partial charge in [-0.05, 0) is 12.8 Å². The molecule has 2 heteroatoms. The second-order valence-corrected chi connectivity index (χ2v) is 4.58. The Morgan fingerprint density at radius 2 is 1.73 bits per heavy atom. The van der Waals surface area contributed by atoms with Crippen molar-refractivity contribution in [1.29, 1.82) is 0 Å². The Balaban J connectivity index is 2.53. The maximum absolute atomic E-state index is 6.17. The predicted octanol–water partition coefficient (Wildman–Crippen LogP) is 3.89. The molecule has 2 nitrogen and oxygen atoms in total. The Labute approximate surface area is 94.3 Å². The molecule has 0 spiro atoms. The molecule has 15 heavy (non-hydrogen) atoms. The van der Waals surface area contributed by atoms with E-state index in [1.54, 1.807) is 0 Å². The van der Waals surface area contributed by atoms with Crippen LogP contribution in [0.3, 0.4) is 0 Å². The van der Waals surface area contributed by atoms with E-state index in [1.807, 2.05) is 0 Å². The zero-order valence-corrected chi connectivity index (χ0v) is 10.6. The van der Waals surface area contributed by atoms with Gasteiger partial charge >= 0.3 is 0 Å². The molecule has 1 saturated heterocycles. The predicted molar refractivity (Wildman–Crippen MR) is 62.9 cm³/mol. The molecule has 0 aromatic rings. The van der Waals surface area contributed by atoms with Gasteiger partial charge in [0.2, 0.25) is 0 Å².